The average Bonchev–Trinajstić information content (AvgIpc) is 2.47. The summed E-state index contributed by atoms with van der Waals surface area (Å²) < 4.78 is 24.3. The van der Waals surface area contributed by atoms with Crippen molar-refractivity contribution in [1.29, 1.82) is 5.26 Å². The summed E-state index contributed by atoms with van der Waals surface area (Å²) in [7, 11) is -3.60. The van der Waals surface area contributed by atoms with E-state index in [1.165, 1.54) is 12.1 Å². The minimum atomic E-state index is -3.60. The van der Waals surface area contributed by atoms with Gasteiger partial charge in [0.2, 0.25) is 9.84 Å². The summed E-state index contributed by atoms with van der Waals surface area (Å²) in [5, 5.41) is 10.1. The summed E-state index contributed by atoms with van der Waals surface area (Å²) in [6.07, 6.45) is 0. The molecule has 94 valence electrons. The maximum atomic E-state index is 12.1. The van der Waals surface area contributed by atoms with E-state index in [-0.39, 0.29) is 10.5 Å². The zero-order valence-electron chi connectivity index (χ0n) is 10.0. The first-order valence-electron chi connectivity index (χ1n) is 5.61. The Bertz CT molecular complexity index is 727. The standard InChI is InChI=1S/C15H11NO2S/c16-11-14(13-7-3-1-4-8-13)12-19(17,18)15-9-5-2-6-10-15/h1-10,12H. The van der Waals surface area contributed by atoms with Crippen LogP contribution in [0.15, 0.2) is 71.0 Å². The van der Waals surface area contributed by atoms with Gasteiger partial charge in [-0.05, 0) is 17.7 Å². The molecule has 0 radical (unpaired) electrons. The Morgan fingerprint density at radius 2 is 1.47 bits per heavy atom. The fourth-order valence-corrected chi connectivity index (χ4v) is 2.78. The van der Waals surface area contributed by atoms with Crippen molar-refractivity contribution in [1.82, 2.24) is 0 Å². The molecular weight excluding hydrogens is 258 g/mol. The zero-order valence-corrected chi connectivity index (χ0v) is 10.8. The number of hydrogen-bond acceptors (Lipinski definition) is 3. The van der Waals surface area contributed by atoms with Crippen LogP contribution < -0.4 is 0 Å². The fraction of sp³-hybridized carbons (Fsp3) is 0. The largest absolute Gasteiger partial charge is 0.219 e. The molecule has 2 aromatic rings. The van der Waals surface area contributed by atoms with Crippen molar-refractivity contribution >= 4 is 15.4 Å². The minimum absolute atomic E-state index is 0.129. The smallest absolute Gasteiger partial charge is 0.201 e. The van der Waals surface area contributed by atoms with Crippen molar-refractivity contribution in [2.45, 2.75) is 4.90 Å². The number of sulfone groups is 1. The number of benzene rings is 2. The van der Waals surface area contributed by atoms with E-state index in [1.807, 2.05) is 12.1 Å². The lowest BCUT2D eigenvalue weighted by atomic mass is 10.1. The highest BCUT2D eigenvalue weighted by molar-refractivity contribution is 7.94. The molecular formula is C15H11NO2S. The molecule has 3 nitrogen and oxygen atoms in total. The zero-order chi connectivity index (χ0) is 13.7. The molecule has 2 aromatic carbocycles. The Kier molecular flexibility index (Phi) is 3.79. The molecule has 0 aliphatic heterocycles. The Labute approximate surface area is 112 Å². The van der Waals surface area contributed by atoms with Gasteiger partial charge in [-0.15, -0.1) is 0 Å². The summed E-state index contributed by atoms with van der Waals surface area (Å²) in [6, 6.07) is 18.7. The molecule has 4 heteroatoms. The lowest BCUT2D eigenvalue weighted by Gasteiger charge is -2.01. The molecule has 0 bridgehead atoms. The fourth-order valence-electron chi connectivity index (χ4n) is 1.61. The van der Waals surface area contributed by atoms with Crippen molar-refractivity contribution in [3.05, 3.63) is 71.6 Å². The van der Waals surface area contributed by atoms with Crippen LogP contribution >= 0.6 is 0 Å². The third-order valence-electron chi connectivity index (χ3n) is 2.55. The number of hydrogen-bond donors (Lipinski definition) is 0. The molecule has 0 heterocycles. The van der Waals surface area contributed by atoms with Gasteiger partial charge in [-0.3, -0.25) is 0 Å². The lowest BCUT2D eigenvalue weighted by Crippen LogP contribution is -1.97. The van der Waals surface area contributed by atoms with Gasteiger partial charge < -0.3 is 0 Å². The molecule has 0 amide bonds. The summed E-state index contributed by atoms with van der Waals surface area (Å²) in [5.74, 6) is 0. The van der Waals surface area contributed by atoms with Gasteiger partial charge in [0.25, 0.3) is 0 Å². The van der Waals surface area contributed by atoms with Crippen LogP contribution in [-0.4, -0.2) is 8.42 Å². The van der Waals surface area contributed by atoms with Crippen LogP contribution in [0.3, 0.4) is 0 Å². The van der Waals surface area contributed by atoms with E-state index in [9.17, 15) is 8.42 Å². The van der Waals surface area contributed by atoms with Crippen LogP contribution in [0, 0.1) is 11.3 Å². The van der Waals surface area contributed by atoms with Crippen LogP contribution in [0.1, 0.15) is 5.56 Å². The monoisotopic (exact) mass is 269 g/mol. The van der Waals surface area contributed by atoms with E-state index in [4.69, 9.17) is 5.26 Å². The third-order valence-corrected chi connectivity index (χ3v) is 4.03. The van der Waals surface area contributed by atoms with E-state index >= 15 is 0 Å². The molecule has 2 rings (SSSR count). The first kappa shape index (κ1) is 13.1. The van der Waals surface area contributed by atoms with E-state index in [0.717, 1.165) is 5.41 Å². The normalized spacial score (nSPS) is 11.8. The number of rotatable bonds is 3. The van der Waals surface area contributed by atoms with Gasteiger partial charge in [0.15, 0.2) is 0 Å². The molecule has 0 aliphatic carbocycles. The molecule has 0 fully saturated rings. The van der Waals surface area contributed by atoms with Crippen molar-refractivity contribution < 1.29 is 8.42 Å². The van der Waals surface area contributed by atoms with Crippen molar-refractivity contribution in [2.75, 3.05) is 0 Å². The van der Waals surface area contributed by atoms with Crippen molar-refractivity contribution in [3.63, 3.8) is 0 Å². The molecule has 0 saturated carbocycles. The first-order valence-corrected chi connectivity index (χ1v) is 7.15. The number of nitriles is 1. The molecule has 0 aliphatic rings. The summed E-state index contributed by atoms with van der Waals surface area (Å²) >= 11 is 0. The van der Waals surface area contributed by atoms with E-state index in [1.54, 1.807) is 42.5 Å². The highest BCUT2D eigenvalue weighted by atomic mass is 32.2. The lowest BCUT2D eigenvalue weighted by molar-refractivity contribution is 0.605. The minimum Gasteiger partial charge on any atom is -0.219 e. The SMILES string of the molecule is N#CC(=CS(=O)(=O)c1ccccc1)c1ccccc1. The van der Waals surface area contributed by atoms with E-state index in [0.29, 0.717) is 5.56 Å². The summed E-state index contributed by atoms with van der Waals surface area (Å²) in [5.41, 5.74) is 0.717. The van der Waals surface area contributed by atoms with Crippen molar-refractivity contribution in [3.8, 4) is 6.07 Å². The topological polar surface area (TPSA) is 57.9 Å². The Balaban J connectivity index is 2.48. The van der Waals surface area contributed by atoms with E-state index in [2.05, 4.69) is 0 Å². The molecule has 0 saturated heterocycles. The van der Waals surface area contributed by atoms with Gasteiger partial charge in [-0.2, -0.15) is 5.26 Å². The van der Waals surface area contributed by atoms with Gasteiger partial charge in [0.05, 0.1) is 15.9 Å². The van der Waals surface area contributed by atoms with Gasteiger partial charge in [-0.1, -0.05) is 48.5 Å². The predicted octanol–water partition coefficient (Wildman–Crippen LogP) is 3.02. The van der Waals surface area contributed by atoms with Gasteiger partial charge >= 0.3 is 0 Å². The summed E-state index contributed by atoms with van der Waals surface area (Å²) in [6.45, 7) is 0. The molecule has 19 heavy (non-hydrogen) atoms. The molecule has 0 atom stereocenters. The highest BCUT2D eigenvalue weighted by Crippen LogP contribution is 2.19. The van der Waals surface area contributed by atoms with Gasteiger partial charge in [0, 0.05) is 0 Å². The third kappa shape index (κ3) is 3.09. The maximum Gasteiger partial charge on any atom is 0.201 e. The van der Waals surface area contributed by atoms with Gasteiger partial charge in [-0.25, -0.2) is 8.42 Å². The second kappa shape index (κ2) is 5.51. The van der Waals surface area contributed by atoms with Crippen molar-refractivity contribution in [2.24, 2.45) is 0 Å². The molecule has 0 aromatic heterocycles. The van der Waals surface area contributed by atoms with Crippen LogP contribution in [0.4, 0.5) is 0 Å². The first-order chi connectivity index (χ1) is 9.13. The molecule has 0 N–H and O–H groups in total. The Hall–Kier alpha value is -2.38. The second-order valence-corrected chi connectivity index (χ2v) is 5.66. The van der Waals surface area contributed by atoms with Crippen LogP contribution in [0.2, 0.25) is 0 Å². The quantitative estimate of drug-likeness (QED) is 0.805. The summed E-state index contributed by atoms with van der Waals surface area (Å²) in [4.78, 5) is 0.179. The van der Waals surface area contributed by atoms with E-state index < -0.39 is 9.84 Å². The Morgan fingerprint density at radius 1 is 0.947 bits per heavy atom. The molecule has 0 unspecified atom stereocenters. The highest BCUT2D eigenvalue weighted by Gasteiger charge is 2.13. The van der Waals surface area contributed by atoms with Crippen LogP contribution in [-0.2, 0) is 9.84 Å². The number of nitrogens with zero attached hydrogens (tertiary/aromatic N) is 1. The number of allylic oxidation sites excluding steroid dienone is 1. The van der Waals surface area contributed by atoms with Crippen LogP contribution in [0.25, 0.3) is 5.57 Å². The Morgan fingerprint density at radius 3 is 2.00 bits per heavy atom. The molecule has 0 spiro atoms. The average molecular weight is 269 g/mol. The van der Waals surface area contributed by atoms with Crippen LogP contribution in [0.5, 0.6) is 0 Å². The maximum absolute atomic E-state index is 12.1. The van der Waals surface area contributed by atoms with Gasteiger partial charge in [0.1, 0.15) is 6.07 Å². The second-order valence-electron chi connectivity index (χ2n) is 3.87. The predicted molar refractivity (Wildman–Crippen MR) is 73.7 cm³/mol.